The van der Waals surface area contributed by atoms with Gasteiger partial charge in [0.25, 0.3) is 0 Å². The minimum absolute atomic E-state index is 0.00189. The number of nitrogens with two attached hydrogens (primary N) is 1. The normalized spacial score (nSPS) is 10.6. The van der Waals surface area contributed by atoms with Gasteiger partial charge in [-0.2, -0.15) is 0 Å². The van der Waals surface area contributed by atoms with Crippen LogP contribution in [0.5, 0.6) is 0 Å². The average molecular weight is 561 g/mol. The van der Waals surface area contributed by atoms with E-state index in [2.05, 4.69) is 10.6 Å². The highest BCUT2D eigenvalue weighted by Crippen LogP contribution is 2.04. The summed E-state index contributed by atoms with van der Waals surface area (Å²) < 4.78 is 0. The van der Waals surface area contributed by atoms with Crippen LogP contribution in [0.3, 0.4) is 0 Å². The number of carbonyl (C=O) groups is 5. The van der Waals surface area contributed by atoms with Crippen LogP contribution in [-0.4, -0.2) is 99.6 Å². The van der Waals surface area contributed by atoms with Gasteiger partial charge in [0.05, 0.1) is 0 Å². The van der Waals surface area contributed by atoms with Gasteiger partial charge in [0, 0.05) is 65.3 Å². The summed E-state index contributed by atoms with van der Waals surface area (Å²) in [5.41, 5.74) is 5.41. The Balaban J connectivity index is 3.81. The largest absolute Gasteiger partial charge is 0.356 e. The van der Waals surface area contributed by atoms with Crippen molar-refractivity contribution in [2.24, 2.45) is 5.73 Å². The first-order chi connectivity index (χ1) is 18.6. The summed E-state index contributed by atoms with van der Waals surface area (Å²) in [6, 6.07) is 0. The molecular weight excluding hydrogens is 512 g/mol. The summed E-state index contributed by atoms with van der Waals surface area (Å²) in [5.74, 6) is -2.09. The molecule has 0 aliphatic rings. The highest BCUT2D eigenvalue weighted by atomic mass is 16.5. The van der Waals surface area contributed by atoms with Crippen LogP contribution in [0.4, 0.5) is 0 Å². The second-order valence-corrected chi connectivity index (χ2v) is 9.35. The topological polar surface area (TPSA) is 206 Å². The lowest BCUT2D eigenvalue weighted by Gasteiger charge is -2.16. The molecular formula is C25H48N6O8. The Hall–Kier alpha value is -2.81. The number of carbonyl (C=O) groups excluding carboxylic acids is 5. The van der Waals surface area contributed by atoms with Gasteiger partial charge in [-0.3, -0.25) is 39.6 Å². The molecule has 0 atom stereocenters. The summed E-state index contributed by atoms with van der Waals surface area (Å²) in [6.07, 6.45) is 5.78. The molecule has 0 rings (SSSR count). The standard InChI is InChI=1S/C25H48N6O8/c1-21(32)29(37)18-8-3-7-17-28-23(34)12-14-25(36)31(39)20-10-4-9-19-30(38)24(35)13-11-22(33)27-16-6-2-5-15-26/h37-39H,2-20,26H2,1H3,(H,27,33)(H,28,34). The van der Waals surface area contributed by atoms with Gasteiger partial charge in [-0.15, -0.1) is 0 Å². The second kappa shape index (κ2) is 23.1. The van der Waals surface area contributed by atoms with E-state index in [1.165, 1.54) is 6.92 Å². The molecule has 0 aliphatic carbocycles. The lowest BCUT2D eigenvalue weighted by atomic mass is 10.2. The predicted molar refractivity (Wildman–Crippen MR) is 141 cm³/mol. The molecule has 0 aliphatic heterocycles. The molecule has 226 valence electrons. The zero-order chi connectivity index (χ0) is 29.5. The zero-order valence-electron chi connectivity index (χ0n) is 23.2. The first-order valence-electron chi connectivity index (χ1n) is 13.8. The molecule has 0 fully saturated rings. The zero-order valence-corrected chi connectivity index (χ0v) is 23.2. The molecule has 0 saturated heterocycles. The number of amides is 5. The lowest BCUT2D eigenvalue weighted by molar-refractivity contribution is -0.167. The molecule has 7 N–H and O–H groups in total. The quantitative estimate of drug-likeness (QED) is 0.0596. The maximum Gasteiger partial charge on any atom is 0.246 e. The van der Waals surface area contributed by atoms with Crippen LogP contribution < -0.4 is 16.4 Å². The summed E-state index contributed by atoms with van der Waals surface area (Å²) in [5, 5.41) is 36.1. The molecule has 14 nitrogen and oxygen atoms in total. The molecule has 0 unspecified atom stereocenters. The fourth-order valence-electron chi connectivity index (χ4n) is 3.45. The number of rotatable bonds is 23. The van der Waals surface area contributed by atoms with Crippen molar-refractivity contribution in [3.05, 3.63) is 0 Å². The summed E-state index contributed by atoms with van der Waals surface area (Å²) in [6.45, 7) is 3.20. The fraction of sp³-hybridized carbons (Fsp3) is 0.800. The Morgan fingerprint density at radius 1 is 0.564 bits per heavy atom. The van der Waals surface area contributed by atoms with Gasteiger partial charge >= 0.3 is 0 Å². The van der Waals surface area contributed by atoms with Crippen molar-refractivity contribution in [1.29, 1.82) is 0 Å². The van der Waals surface area contributed by atoms with E-state index in [0.717, 1.165) is 19.3 Å². The van der Waals surface area contributed by atoms with Gasteiger partial charge in [0.2, 0.25) is 29.5 Å². The van der Waals surface area contributed by atoms with Crippen LogP contribution in [0.15, 0.2) is 0 Å². The first-order valence-corrected chi connectivity index (χ1v) is 13.8. The molecule has 39 heavy (non-hydrogen) atoms. The van der Waals surface area contributed by atoms with Gasteiger partial charge in [0.1, 0.15) is 0 Å². The number of hydrogen-bond acceptors (Lipinski definition) is 9. The molecule has 0 aromatic heterocycles. The maximum atomic E-state index is 12.0. The van der Waals surface area contributed by atoms with Crippen molar-refractivity contribution < 1.29 is 39.6 Å². The Kier molecular flexibility index (Phi) is 21.4. The van der Waals surface area contributed by atoms with E-state index in [9.17, 15) is 39.6 Å². The number of nitrogens with zero attached hydrogens (tertiary/aromatic N) is 3. The van der Waals surface area contributed by atoms with Crippen LogP contribution >= 0.6 is 0 Å². The van der Waals surface area contributed by atoms with E-state index in [0.29, 0.717) is 73.3 Å². The molecule has 14 heteroatoms. The van der Waals surface area contributed by atoms with Gasteiger partial charge < -0.3 is 16.4 Å². The Morgan fingerprint density at radius 3 is 1.36 bits per heavy atom. The fourth-order valence-corrected chi connectivity index (χ4v) is 3.45. The highest BCUT2D eigenvalue weighted by molar-refractivity contribution is 5.83. The SMILES string of the molecule is CC(=O)N(O)CCCCCNC(=O)CCC(=O)N(O)CCCCCN(O)C(=O)CCC(=O)NCCCCCN. The monoisotopic (exact) mass is 560 g/mol. The number of unbranched alkanes of at least 4 members (excludes halogenated alkanes) is 6. The van der Waals surface area contributed by atoms with Crippen molar-refractivity contribution >= 4 is 29.5 Å². The van der Waals surface area contributed by atoms with Crippen molar-refractivity contribution in [2.75, 3.05) is 39.3 Å². The Labute approximate surface area is 230 Å². The maximum absolute atomic E-state index is 12.0. The summed E-state index contributed by atoms with van der Waals surface area (Å²) in [7, 11) is 0. The van der Waals surface area contributed by atoms with E-state index < -0.39 is 17.7 Å². The third-order valence-corrected chi connectivity index (χ3v) is 5.88. The number of nitrogens with one attached hydrogen (secondary N) is 2. The van der Waals surface area contributed by atoms with E-state index in [4.69, 9.17) is 5.73 Å². The average Bonchev–Trinajstić information content (AvgIpc) is 2.91. The Bertz CT molecular complexity index is 739. The minimum atomic E-state index is -0.575. The Morgan fingerprint density at radius 2 is 0.949 bits per heavy atom. The van der Waals surface area contributed by atoms with Crippen LogP contribution in [0.25, 0.3) is 0 Å². The molecule has 0 aromatic carbocycles. The van der Waals surface area contributed by atoms with Crippen molar-refractivity contribution in [3.63, 3.8) is 0 Å². The predicted octanol–water partition coefficient (Wildman–Crippen LogP) is 0.922. The van der Waals surface area contributed by atoms with Crippen LogP contribution in [0, 0.1) is 0 Å². The van der Waals surface area contributed by atoms with Gasteiger partial charge in [-0.1, -0.05) is 6.42 Å². The molecule has 0 heterocycles. The second-order valence-electron chi connectivity index (χ2n) is 9.35. The van der Waals surface area contributed by atoms with E-state index in [-0.39, 0.29) is 57.1 Å². The minimum Gasteiger partial charge on any atom is -0.356 e. The molecule has 0 radical (unpaired) electrons. The van der Waals surface area contributed by atoms with Crippen molar-refractivity contribution in [3.8, 4) is 0 Å². The van der Waals surface area contributed by atoms with Crippen LogP contribution in [-0.2, 0) is 24.0 Å². The van der Waals surface area contributed by atoms with Crippen LogP contribution in [0.2, 0.25) is 0 Å². The van der Waals surface area contributed by atoms with Gasteiger partial charge in [-0.05, 0) is 57.9 Å². The summed E-state index contributed by atoms with van der Waals surface area (Å²) >= 11 is 0. The summed E-state index contributed by atoms with van der Waals surface area (Å²) in [4.78, 5) is 58.4. The third kappa shape index (κ3) is 20.8. The van der Waals surface area contributed by atoms with Gasteiger partial charge in [-0.25, -0.2) is 15.2 Å². The smallest absolute Gasteiger partial charge is 0.246 e. The first kappa shape index (κ1) is 36.2. The van der Waals surface area contributed by atoms with Crippen LogP contribution in [0.1, 0.15) is 90.4 Å². The molecule has 0 spiro atoms. The van der Waals surface area contributed by atoms with Crippen molar-refractivity contribution in [2.45, 2.75) is 90.4 Å². The number of hydroxylamine groups is 6. The number of hydrogen-bond donors (Lipinski definition) is 6. The molecule has 0 bridgehead atoms. The van der Waals surface area contributed by atoms with E-state index >= 15 is 0 Å². The third-order valence-electron chi connectivity index (χ3n) is 5.88. The van der Waals surface area contributed by atoms with E-state index in [1.54, 1.807) is 0 Å². The molecule has 0 aromatic rings. The highest BCUT2D eigenvalue weighted by Gasteiger charge is 2.15. The lowest BCUT2D eigenvalue weighted by Crippen LogP contribution is -2.32. The molecule has 5 amide bonds. The van der Waals surface area contributed by atoms with E-state index in [1.807, 2.05) is 0 Å². The van der Waals surface area contributed by atoms with Gasteiger partial charge in [0.15, 0.2) is 0 Å². The molecule has 0 saturated carbocycles. The van der Waals surface area contributed by atoms with Crippen molar-refractivity contribution in [1.82, 2.24) is 25.8 Å².